The Hall–Kier alpha value is 0.217. The van der Waals surface area contributed by atoms with Crippen LogP contribution >= 0.6 is 0 Å². The molecule has 0 aliphatic heterocycles. The Morgan fingerprint density at radius 1 is 0.489 bits per heavy atom. The maximum Gasteiger partial charge on any atom is 0.0547 e. The van der Waals surface area contributed by atoms with Gasteiger partial charge in [0.25, 0.3) is 0 Å². The van der Waals surface area contributed by atoms with Crippen molar-refractivity contribution in [2.24, 2.45) is 87.8 Å². The number of fused-ring (bicyclic) bond motifs is 2. The third-order valence-electron chi connectivity index (χ3n) is 17.3. The van der Waals surface area contributed by atoms with Crippen LogP contribution in [0.25, 0.3) is 0 Å². The van der Waals surface area contributed by atoms with E-state index in [1.807, 2.05) is 0 Å². The molecule has 1 heteroatoms. The van der Waals surface area contributed by atoms with E-state index in [1.165, 1.54) is 25.7 Å². The van der Waals surface area contributed by atoms with Crippen molar-refractivity contribution < 1.29 is 0 Å². The van der Waals surface area contributed by atoms with Gasteiger partial charge in [-0.25, -0.2) is 0 Å². The molecule has 0 aromatic heterocycles. The molecular formula is C44H80Si. The van der Waals surface area contributed by atoms with E-state index < -0.39 is 8.07 Å². The molecule has 45 heavy (non-hydrogen) atoms. The third-order valence-corrected chi connectivity index (χ3v) is 22.6. The van der Waals surface area contributed by atoms with Crippen molar-refractivity contribution in [3.63, 3.8) is 0 Å². The Kier molecular flexibility index (Phi) is 10.3. The predicted octanol–water partition coefficient (Wildman–Crippen LogP) is 13.9. The highest BCUT2D eigenvalue weighted by atomic mass is 28.3. The van der Waals surface area contributed by atoms with Crippen LogP contribution in [-0.2, 0) is 0 Å². The van der Waals surface area contributed by atoms with Crippen LogP contribution in [0, 0.1) is 87.8 Å². The molecule has 0 heterocycles. The molecule has 6 rings (SSSR count). The molecule has 0 aromatic rings. The molecule has 0 N–H and O–H groups in total. The highest BCUT2D eigenvalue weighted by Gasteiger charge is 2.61. The molecule has 260 valence electrons. The van der Waals surface area contributed by atoms with Gasteiger partial charge in [-0.2, -0.15) is 0 Å². The summed E-state index contributed by atoms with van der Waals surface area (Å²) < 4.78 is 0. The van der Waals surface area contributed by atoms with Crippen LogP contribution in [0.3, 0.4) is 0 Å². The molecular weight excluding hydrogens is 557 g/mol. The summed E-state index contributed by atoms with van der Waals surface area (Å²) in [6.45, 7) is 29.1. The molecule has 10 atom stereocenters. The van der Waals surface area contributed by atoms with Gasteiger partial charge < -0.3 is 0 Å². The molecule has 0 amide bonds. The van der Waals surface area contributed by atoms with Crippen molar-refractivity contribution >= 4 is 8.07 Å². The minimum atomic E-state index is -1.47. The van der Waals surface area contributed by atoms with Gasteiger partial charge >= 0.3 is 0 Å². The van der Waals surface area contributed by atoms with Gasteiger partial charge in [0.2, 0.25) is 0 Å². The minimum Gasteiger partial charge on any atom is -0.0689 e. The van der Waals surface area contributed by atoms with Gasteiger partial charge in [-0.05, 0) is 176 Å². The van der Waals surface area contributed by atoms with Crippen molar-refractivity contribution in [1.29, 1.82) is 0 Å². The first-order valence-corrected chi connectivity index (χ1v) is 24.2. The smallest absolute Gasteiger partial charge is 0.0547 e. The van der Waals surface area contributed by atoms with E-state index in [1.54, 1.807) is 77.0 Å². The van der Waals surface area contributed by atoms with Gasteiger partial charge in [-0.3, -0.25) is 0 Å². The van der Waals surface area contributed by atoms with Crippen molar-refractivity contribution in [2.45, 2.75) is 189 Å². The van der Waals surface area contributed by atoms with Gasteiger partial charge in [0.15, 0.2) is 0 Å². The number of hydrogen-bond donors (Lipinski definition) is 0. The van der Waals surface area contributed by atoms with Crippen LogP contribution in [0.4, 0.5) is 0 Å². The fourth-order valence-corrected chi connectivity index (χ4v) is 22.0. The molecule has 0 spiro atoms. The van der Waals surface area contributed by atoms with Crippen molar-refractivity contribution in [3.8, 4) is 0 Å². The van der Waals surface area contributed by atoms with Crippen molar-refractivity contribution in [2.75, 3.05) is 0 Å². The topological polar surface area (TPSA) is 0 Å². The SMILES string of the molecule is CC(C)C1CC2C(C3CCC(C(C)(C)C)CC3)CCCC2C1[Si](C)(C)C1C(C)CC2C(C3CCC(C(C)(C)C)CC3)CCCC21. The van der Waals surface area contributed by atoms with Crippen LogP contribution in [-0.4, -0.2) is 8.07 Å². The average Bonchev–Trinajstić information content (AvgIpc) is 3.55. The molecule has 6 saturated carbocycles. The highest BCUT2D eigenvalue weighted by molar-refractivity contribution is 6.80. The van der Waals surface area contributed by atoms with Gasteiger partial charge in [0.1, 0.15) is 0 Å². The summed E-state index contributed by atoms with van der Waals surface area (Å²) in [7, 11) is -1.47. The second-order valence-electron chi connectivity index (χ2n) is 22.0. The normalized spacial score (nSPS) is 46.7. The fraction of sp³-hybridized carbons (Fsp3) is 1.00. The van der Waals surface area contributed by atoms with Crippen LogP contribution in [0.5, 0.6) is 0 Å². The molecule has 6 fully saturated rings. The average molecular weight is 637 g/mol. The number of rotatable bonds is 5. The lowest BCUT2D eigenvalue weighted by atomic mass is 9.61. The summed E-state index contributed by atoms with van der Waals surface area (Å²) >= 11 is 0. The lowest BCUT2D eigenvalue weighted by molar-refractivity contribution is 0.0620. The standard InChI is InChI=1S/C44H80Si/c1-28(2)38-27-40-35(31-20-24-33(25-21-31)44(7,8)9)15-13-17-37(40)42(38)45(10,11)41-29(3)26-39-34(14-12-16-36(39)41)30-18-22-32(23-19-30)43(4,5)6/h28-42H,12-27H2,1-11H3. The summed E-state index contributed by atoms with van der Waals surface area (Å²) in [4.78, 5) is 0. The van der Waals surface area contributed by atoms with Gasteiger partial charge in [-0.1, -0.05) is 101 Å². The van der Waals surface area contributed by atoms with E-state index in [2.05, 4.69) is 75.4 Å². The van der Waals surface area contributed by atoms with Gasteiger partial charge in [0.05, 0.1) is 8.07 Å². The minimum absolute atomic E-state index is 0.511. The molecule has 10 unspecified atom stereocenters. The Balaban J connectivity index is 1.19. The number of hydrogen-bond acceptors (Lipinski definition) is 0. The quantitative estimate of drug-likeness (QED) is 0.263. The molecule has 0 nitrogen and oxygen atoms in total. The predicted molar refractivity (Wildman–Crippen MR) is 200 cm³/mol. The van der Waals surface area contributed by atoms with Crippen LogP contribution in [0.15, 0.2) is 0 Å². The largest absolute Gasteiger partial charge is 0.0689 e. The Morgan fingerprint density at radius 3 is 1.31 bits per heavy atom. The van der Waals surface area contributed by atoms with E-state index in [4.69, 9.17) is 0 Å². The third kappa shape index (κ3) is 6.73. The molecule has 0 aromatic carbocycles. The summed E-state index contributed by atoms with van der Waals surface area (Å²) in [6.07, 6.45) is 24.9. The Labute approximate surface area is 284 Å². The summed E-state index contributed by atoms with van der Waals surface area (Å²) in [5, 5.41) is 0. The zero-order valence-corrected chi connectivity index (χ0v) is 33.5. The van der Waals surface area contributed by atoms with Gasteiger partial charge in [0, 0.05) is 0 Å². The highest BCUT2D eigenvalue weighted by Crippen LogP contribution is 2.68. The molecule has 6 aliphatic carbocycles. The first-order chi connectivity index (χ1) is 21.1. The summed E-state index contributed by atoms with van der Waals surface area (Å²) in [6, 6.07) is 0. The lowest BCUT2D eigenvalue weighted by Gasteiger charge is -2.51. The van der Waals surface area contributed by atoms with E-state index >= 15 is 0 Å². The molecule has 6 aliphatic rings. The molecule has 0 saturated heterocycles. The molecule has 0 bridgehead atoms. The van der Waals surface area contributed by atoms with Crippen molar-refractivity contribution in [1.82, 2.24) is 0 Å². The van der Waals surface area contributed by atoms with E-state index in [9.17, 15) is 0 Å². The van der Waals surface area contributed by atoms with Crippen LogP contribution in [0.1, 0.15) is 165 Å². The first kappa shape index (κ1) is 35.1. The first-order valence-electron chi connectivity index (χ1n) is 21.1. The lowest BCUT2D eigenvalue weighted by Crippen LogP contribution is -2.48. The van der Waals surface area contributed by atoms with E-state index in [-0.39, 0.29) is 0 Å². The second-order valence-corrected chi connectivity index (χ2v) is 27.0. The maximum atomic E-state index is 3.00. The fourth-order valence-electron chi connectivity index (χ4n) is 15.3. The Bertz CT molecular complexity index is 962. The zero-order chi connectivity index (χ0) is 32.5. The van der Waals surface area contributed by atoms with Crippen LogP contribution < -0.4 is 0 Å². The zero-order valence-electron chi connectivity index (χ0n) is 32.5. The Morgan fingerprint density at radius 2 is 0.889 bits per heavy atom. The van der Waals surface area contributed by atoms with Gasteiger partial charge in [-0.15, -0.1) is 0 Å². The maximum absolute atomic E-state index is 3.00. The molecule has 0 radical (unpaired) electrons. The van der Waals surface area contributed by atoms with E-state index in [0.29, 0.717) is 10.8 Å². The second kappa shape index (κ2) is 13.2. The summed E-state index contributed by atoms with van der Waals surface area (Å²) in [5.41, 5.74) is 3.23. The van der Waals surface area contributed by atoms with E-state index in [0.717, 1.165) is 88.0 Å². The van der Waals surface area contributed by atoms with Crippen LogP contribution in [0.2, 0.25) is 24.2 Å². The van der Waals surface area contributed by atoms with Crippen molar-refractivity contribution in [3.05, 3.63) is 0 Å². The monoisotopic (exact) mass is 637 g/mol. The summed E-state index contributed by atoms with van der Waals surface area (Å²) in [5.74, 6) is 13.4.